The molecule has 1 saturated heterocycles. The number of alkyl halides is 1. The van der Waals surface area contributed by atoms with Crippen molar-refractivity contribution in [3.8, 4) is 0 Å². The molecule has 0 spiro atoms. The molecular weight excluding hydrogens is 257 g/mol. The quantitative estimate of drug-likeness (QED) is 0.721. The number of hydrogen-bond donors (Lipinski definition) is 0. The molecule has 2 rings (SSSR count). The van der Waals surface area contributed by atoms with Gasteiger partial charge in [0.05, 0.1) is 5.25 Å². The third kappa shape index (κ3) is 2.42. The first-order valence-electron chi connectivity index (χ1n) is 6.03. The van der Waals surface area contributed by atoms with Gasteiger partial charge in [-0.3, -0.25) is 0 Å². The molecule has 0 saturated carbocycles. The van der Waals surface area contributed by atoms with Gasteiger partial charge in [0.25, 0.3) is 6.42 Å². The van der Waals surface area contributed by atoms with Crippen LogP contribution in [0.5, 0.6) is 0 Å². The van der Waals surface area contributed by atoms with Crippen LogP contribution in [0.25, 0.3) is 0 Å². The first-order valence-corrected chi connectivity index (χ1v) is 7.53. The van der Waals surface area contributed by atoms with Crippen molar-refractivity contribution in [2.24, 2.45) is 4.99 Å². The summed E-state index contributed by atoms with van der Waals surface area (Å²) in [4.78, 5) is 5.14. The van der Waals surface area contributed by atoms with Crippen molar-refractivity contribution in [2.75, 3.05) is 13.1 Å². The molecule has 0 radical (unpaired) electrons. The van der Waals surface area contributed by atoms with Crippen LogP contribution in [0.1, 0.15) is 20.3 Å². The SMILES string of the molecule is CC(C)S(=O)(=O)N1CCC(N2C=CC=NC2F)C1. The van der Waals surface area contributed by atoms with Gasteiger partial charge < -0.3 is 4.90 Å². The maximum absolute atomic E-state index is 13.6. The topological polar surface area (TPSA) is 53.0 Å². The summed E-state index contributed by atoms with van der Waals surface area (Å²) in [6.07, 6.45) is 3.94. The minimum Gasteiger partial charge on any atom is -0.326 e. The van der Waals surface area contributed by atoms with Crippen LogP contribution in [0.4, 0.5) is 4.39 Å². The minimum absolute atomic E-state index is 0.137. The van der Waals surface area contributed by atoms with Crippen LogP contribution in [-0.4, -0.2) is 54.6 Å². The van der Waals surface area contributed by atoms with Crippen LogP contribution in [0.15, 0.2) is 17.3 Å². The van der Waals surface area contributed by atoms with E-state index in [0.717, 1.165) is 0 Å². The Hall–Kier alpha value is -0.950. The molecule has 0 N–H and O–H groups in total. The Labute approximate surface area is 107 Å². The van der Waals surface area contributed by atoms with Crippen LogP contribution in [0.3, 0.4) is 0 Å². The van der Waals surface area contributed by atoms with E-state index in [1.165, 1.54) is 15.4 Å². The largest absolute Gasteiger partial charge is 0.326 e. The smallest absolute Gasteiger partial charge is 0.266 e. The van der Waals surface area contributed by atoms with Crippen LogP contribution in [0, 0.1) is 0 Å². The Morgan fingerprint density at radius 3 is 2.78 bits per heavy atom. The first kappa shape index (κ1) is 13.5. The lowest BCUT2D eigenvalue weighted by atomic mass is 10.2. The van der Waals surface area contributed by atoms with Gasteiger partial charge in [-0.1, -0.05) is 0 Å². The zero-order valence-corrected chi connectivity index (χ0v) is 11.3. The second kappa shape index (κ2) is 4.97. The predicted octanol–water partition coefficient (Wildman–Crippen LogP) is 0.952. The fourth-order valence-electron chi connectivity index (χ4n) is 2.19. The Kier molecular flexibility index (Phi) is 3.72. The Bertz CT molecular complexity index is 461. The molecule has 0 aliphatic carbocycles. The van der Waals surface area contributed by atoms with Gasteiger partial charge in [0.2, 0.25) is 10.0 Å². The van der Waals surface area contributed by atoms with Gasteiger partial charge >= 0.3 is 0 Å². The number of nitrogens with zero attached hydrogens (tertiary/aromatic N) is 3. The number of aliphatic imine (C=N–C) groups is 1. The minimum atomic E-state index is -3.24. The average molecular weight is 275 g/mol. The van der Waals surface area contributed by atoms with E-state index >= 15 is 0 Å². The van der Waals surface area contributed by atoms with Gasteiger partial charge in [-0.25, -0.2) is 13.4 Å². The van der Waals surface area contributed by atoms with Gasteiger partial charge in [0.1, 0.15) is 0 Å². The maximum Gasteiger partial charge on any atom is 0.266 e. The summed E-state index contributed by atoms with van der Waals surface area (Å²) >= 11 is 0. The second-order valence-corrected chi connectivity index (χ2v) is 7.28. The van der Waals surface area contributed by atoms with Crippen molar-refractivity contribution in [1.82, 2.24) is 9.21 Å². The van der Waals surface area contributed by atoms with Crippen LogP contribution in [-0.2, 0) is 10.0 Å². The standard InChI is InChI=1S/C11H18FN3O2S/c1-9(2)18(16,17)14-7-4-10(8-14)15-6-3-5-13-11(15)12/h3,5-6,9-11H,4,7-8H2,1-2H3. The molecular formula is C11H18FN3O2S. The van der Waals surface area contributed by atoms with Crippen molar-refractivity contribution < 1.29 is 12.8 Å². The van der Waals surface area contributed by atoms with E-state index in [1.54, 1.807) is 26.1 Å². The van der Waals surface area contributed by atoms with E-state index in [0.29, 0.717) is 19.5 Å². The monoisotopic (exact) mass is 275 g/mol. The lowest BCUT2D eigenvalue weighted by Crippen LogP contribution is -2.41. The molecule has 7 heteroatoms. The van der Waals surface area contributed by atoms with Crippen molar-refractivity contribution in [2.45, 2.75) is 38.0 Å². The van der Waals surface area contributed by atoms with E-state index in [1.807, 2.05) is 0 Å². The van der Waals surface area contributed by atoms with E-state index in [2.05, 4.69) is 4.99 Å². The number of rotatable bonds is 3. The second-order valence-electron chi connectivity index (χ2n) is 4.79. The number of allylic oxidation sites excluding steroid dienone is 1. The lowest BCUT2D eigenvalue weighted by Gasteiger charge is -2.30. The van der Waals surface area contributed by atoms with E-state index in [4.69, 9.17) is 0 Å². The highest BCUT2D eigenvalue weighted by molar-refractivity contribution is 7.89. The van der Waals surface area contributed by atoms with Crippen LogP contribution in [0.2, 0.25) is 0 Å². The highest BCUT2D eigenvalue weighted by Crippen LogP contribution is 2.24. The summed E-state index contributed by atoms with van der Waals surface area (Å²) < 4.78 is 39.1. The molecule has 102 valence electrons. The van der Waals surface area contributed by atoms with E-state index in [9.17, 15) is 12.8 Å². The van der Waals surface area contributed by atoms with Gasteiger partial charge in [-0.15, -0.1) is 0 Å². The fraction of sp³-hybridized carbons (Fsp3) is 0.727. The van der Waals surface area contributed by atoms with Gasteiger partial charge in [-0.05, 0) is 26.3 Å². The first-order chi connectivity index (χ1) is 8.43. The predicted molar refractivity (Wildman–Crippen MR) is 68.4 cm³/mol. The highest BCUT2D eigenvalue weighted by Gasteiger charge is 2.37. The average Bonchev–Trinajstić information content (AvgIpc) is 2.79. The van der Waals surface area contributed by atoms with Crippen molar-refractivity contribution in [1.29, 1.82) is 0 Å². The summed E-state index contributed by atoms with van der Waals surface area (Å²) in [6, 6.07) is -0.137. The number of sulfonamides is 1. The maximum atomic E-state index is 13.6. The zero-order chi connectivity index (χ0) is 13.3. The molecule has 2 atom stereocenters. The third-order valence-electron chi connectivity index (χ3n) is 3.30. The number of halogens is 1. The Morgan fingerprint density at radius 2 is 2.17 bits per heavy atom. The summed E-state index contributed by atoms with van der Waals surface area (Å²) in [6.45, 7) is 4.10. The third-order valence-corrected chi connectivity index (χ3v) is 5.55. The summed E-state index contributed by atoms with van der Waals surface area (Å²) in [5, 5.41) is -0.438. The summed E-state index contributed by atoms with van der Waals surface area (Å²) in [7, 11) is -3.24. The van der Waals surface area contributed by atoms with Gasteiger partial charge in [0, 0.05) is 31.5 Å². The Balaban J connectivity index is 2.05. The summed E-state index contributed by atoms with van der Waals surface area (Å²) in [5.41, 5.74) is 0. The number of hydrogen-bond acceptors (Lipinski definition) is 4. The van der Waals surface area contributed by atoms with Crippen molar-refractivity contribution in [3.05, 3.63) is 12.3 Å². The van der Waals surface area contributed by atoms with Crippen LogP contribution >= 0.6 is 0 Å². The molecule has 2 unspecified atom stereocenters. The molecule has 2 aliphatic rings. The molecule has 1 fully saturated rings. The Morgan fingerprint density at radius 1 is 1.44 bits per heavy atom. The van der Waals surface area contributed by atoms with Gasteiger partial charge in [0.15, 0.2) is 0 Å². The van der Waals surface area contributed by atoms with Crippen molar-refractivity contribution >= 4 is 16.2 Å². The molecule has 0 aromatic heterocycles. The molecule has 0 aromatic carbocycles. The van der Waals surface area contributed by atoms with Gasteiger partial charge in [-0.2, -0.15) is 8.70 Å². The highest BCUT2D eigenvalue weighted by atomic mass is 32.2. The lowest BCUT2D eigenvalue weighted by molar-refractivity contribution is 0.101. The molecule has 2 aliphatic heterocycles. The zero-order valence-electron chi connectivity index (χ0n) is 10.5. The van der Waals surface area contributed by atoms with Crippen LogP contribution < -0.4 is 0 Å². The molecule has 0 bridgehead atoms. The molecule has 2 heterocycles. The fourth-order valence-corrected chi connectivity index (χ4v) is 3.52. The molecule has 0 aromatic rings. The molecule has 5 nitrogen and oxygen atoms in total. The van der Waals surface area contributed by atoms with E-state index < -0.39 is 21.7 Å². The van der Waals surface area contributed by atoms with E-state index in [-0.39, 0.29) is 6.04 Å². The summed E-state index contributed by atoms with van der Waals surface area (Å²) in [5.74, 6) is 0. The normalized spacial score (nSPS) is 29.4. The molecule has 18 heavy (non-hydrogen) atoms. The van der Waals surface area contributed by atoms with Crippen molar-refractivity contribution in [3.63, 3.8) is 0 Å². The molecule has 0 amide bonds.